The number of fused-ring (bicyclic) bond motifs is 1. The monoisotopic (exact) mass is 456 g/mol. The summed E-state index contributed by atoms with van der Waals surface area (Å²) in [5, 5.41) is 0. The molecule has 32 heavy (non-hydrogen) atoms. The number of rotatable bonds is 15. The summed E-state index contributed by atoms with van der Waals surface area (Å²) < 4.78 is 21.8. The first-order valence-electron chi connectivity index (χ1n) is 11.4. The van der Waals surface area contributed by atoms with Crippen LogP contribution in [0.1, 0.15) is 46.5 Å². The summed E-state index contributed by atoms with van der Waals surface area (Å²) in [4.78, 5) is 34.4. The van der Waals surface area contributed by atoms with E-state index in [-0.39, 0.29) is 32.3 Å². The molecule has 2 rings (SSSR count). The molecule has 2 saturated heterocycles. The highest BCUT2D eigenvalue weighted by Gasteiger charge is 2.77. The molecule has 0 spiro atoms. The third-order valence-electron chi connectivity index (χ3n) is 6.24. The fourth-order valence-electron chi connectivity index (χ4n) is 5.30. The van der Waals surface area contributed by atoms with Gasteiger partial charge in [0.1, 0.15) is 20.2 Å². The van der Waals surface area contributed by atoms with Gasteiger partial charge in [0.2, 0.25) is 0 Å². The molecule has 184 valence electrons. The number of carbonyl (C=O) groups is 2. The van der Waals surface area contributed by atoms with Crippen molar-refractivity contribution < 1.29 is 28.5 Å². The standard InChI is InChI=1S/C22H40N4O6/c1-7-12-21-22(13-8-2,25(17-31-6)20(28)24(21)16-30-5)26(19(27)23(21)9-3)18-32-15-11-10-14-29-4/h10-11H,7-9,12-18H2,1-6H3/b11-10+. The number of nitrogens with zero attached hydrogens (tertiary/aromatic N) is 4. The van der Waals surface area contributed by atoms with Crippen LogP contribution in [0.15, 0.2) is 12.2 Å². The second-order valence-corrected chi connectivity index (χ2v) is 7.99. The maximum Gasteiger partial charge on any atom is 0.327 e. The van der Waals surface area contributed by atoms with Gasteiger partial charge in [0.25, 0.3) is 0 Å². The van der Waals surface area contributed by atoms with Gasteiger partial charge < -0.3 is 18.9 Å². The number of hydrogen-bond donors (Lipinski definition) is 0. The Kier molecular flexibility index (Phi) is 9.75. The molecule has 0 bridgehead atoms. The molecule has 0 aromatic carbocycles. The van der Waals surface area contributed by atoms with Crippen LogP contribution in [-0.4, -0.2) is 104 Å². The van der Waals surface area contributed by atoms with Crippen LogP contribution in [-0.2, 0) is 18.9 Å². The van der Waals surface area contributed by atoms with Crippen molar-refractivity contribution in [1.82, 2.24) is 19.6 Å². The molecule has 0 aliphatic carbocycles. The molecular formula is C22H40N4O6. The molecule has 2 atom stereocenters. The number of carbonyl (C=O) groups excluding carboxylic acids is 2. The highest BCUT2D eigenvalue weighted by atomic mass is 16.5. The molecule has 0 radical (unpaired) electrons. The van der Waals surface area contributed by atoms with Crippen LogP contribution in [0, 0.1) is 0 Å². The normalized spacial score (nSPS) is 25.7. The summed E-state index contributed by atoms with van der Waals surface area (Å²) >= 11 is 0. The van der Waals surface area contributed by atoms with Crippen molar-refractivity contribution in [2.75, 3.05) is 61.3 Å². The van der Waals surface area contributed by atoms with Crippen LogP contribution in [0.2, 0.25) is 0 Å². The van der Waals surface area contributed by atoms with E-state index >= 15 is 0 Å². The number of likely N-dealkylation sites (N-methyl/N-ethyl adjacent to an activating group) is 1. The van der Waals surface area contributed by atoms with E-state index in [0.717, 1.165) is 12.8 Å². The molecule has 0 N–H and O–H groups in total. The van der Waals surface area contributed by atoms with E-state index in [4.69, 9.17) is 18.9 Å². The van der Waals surface area contributed by atoms with Crippen LogP contribution in [0.5, 0.6) is 0 Å². The Morgan fingerprint density at radius 3 is 1.62 bits per heavy atom. The van der Waals surface area contributed by atoms with Gasteiger partial charge in [-0.05, 0) is 19.8 Å². The minimum absolute atomic E-state index is 0.0619. The van der Waals surface area contributed by atoms with Crippen LogP contribution in [0.4, 0.5) is 9.59 Å². The predicted molar refractivity (Wildman–Crippen MR) is 120 cm³/mol. The third-order valence-corrected chi connectivity index (χ3v) is 6.24. The largest absolute Gasteiger partial charge is 0.381 e. The quantitative estimate of drug-likeness (QED) is 0.278. The van der Waals surface area contributed by atoms with Gasteiger partial charge in [-0.2, -0.15) is 0 Å². The Hall–Kier alpha value is -1.88. The lowest BCUT2D eigenvalue weighted by Gasteiger charge is -2.49. The molecule has 2 aliphatic rings. The second kappa shape index (κ2) is 11.8. The second-order valence-electron chi connectivity index (χ2n) is 7.99. The zero-order valence-corrected chi connectivity index (χ0v) is 20.5. The fraction of sp³-hybridized carbons (Fsp3) is 0.818. The van der Waals surface area contributed by atoms with E-state index < -0.39 is 11.3 Å². The van der Waals surface area contributed by atoms with Crippen LogP contribution in [0.25, 0.3) is 0 Å². The first-order valence-corrected chi connectivity index (χ1v) is 11.4. The Morgan fingerprint density at radius 1 is 0.688 bits per heavy atom. The molecule has 0 aromatic rings. The average Bonchev–Trinajstić information content (AvgIpc) is 3.08. The maximum atomic E-state index is 13.8. The zero-order valence-electron chi connectivity index (χ0n) is 20.5. The molecule has 0 saturated carbocycles. The highest BCUT2D eigenvalue weighted by Crippen LogP contribution is 2.55. The van der Waals surface area contributed by atoms with Crippen LogP contribution in [0.3, 0.4) is 0 Å². The molecule has 2 unspecified atom stereocenters. The van der Waals surface area contributed by atoms with Crippen molar-refractivity contribution in [3.05, 3.63) is 12.2 Å². The lowest BCUT2D eigenvalue weighted by Crippen LogP contribution is -2.68. The molecule has 0 aromatic heterocycles. The summed E-state index contributed by atoms with van der Waals surface area (Å²) in [6.07, 6.45) is 6.49. The van der Waals surface area contributed by atoms with E-state index in [9.17, 15) is 9.59 Å². The summed E-state index contributed by atoms with van der Waals surface area (Å²) in [7, 11) is 4.75. The van der Waals surface area contributed by atoms with Crippen molar-refractivity contribution in [1.29, 1.82) is 0 Å². The lowest BCUT2D eigenvalue weighted by atomic mass is 9.84. The van der Waals surface area contributed by atoms with Crippen LogP contribution < -0.4 is 0 Å². The Labute approximate surface area is 192 Å². The van der Waals surface area contributed by atoms with Crippen LogP contribution >= 0.6 is 0 Å². The molecule has 10 nitrogen and oxygen atoms in total. The van der Waals surface area contributed by atoms with Gasteiger partial charge in [-0.15, -0.1) is 0 Å². The van der Waals surface area contributed by atoms with Crippen molar-refractivity contribution >= 4 is 12.1 Å². The van der Waals surface area contributed by atoms with E-state index in [1.807, 2.05) is 24.0 Å². The summed E-state index contributed by atoms with van der Waals surface area (Å²) in [6, 6.07) is -0.350. The van der Waals surface area contributed by atoms with Gasteiger partial charge in [-0.3, -0.25) is 19.6 Å². The molecule has 10 heteroatoms. The summed E-state index contributed by atoms with van der Waals surface area (Å²) in [6.45, 7) is 7.58. The van der Waals surface area contributed by atoms with Gasteiger partial charge in [0.05, 0.1) is 13.2 Å². The minimum Gasteiger partial charge on any atom is -0.381 e. The Bertz CT molecular complexity index is 662. The maximum absolute atomic E-state index is 13.8. The topological polar surface area (TPSA) is 84.0 Å². The Balaban J connectivity index is 2.59. The van der Waals surface area contributed by atoms with E-state index in [1.165, 1.54) is 0 Å². The zero-order chi connectivity index (χ0) is 23.8. The Morgan fingerprint density at radius 2 is 1.16 bits per heavy atom. The molecule has 2 aliphatic heterocycles. The highest BCUT2D eigenvalue weighted by molar-refractivity contribution is 5.88. The predicted octanol–water partition coefficient (Wildman–Crippen LogP) is 2.86. The van der Waals surface area contributed by atoms with E-state index in [0.29, 0.717) is 32.6 Å². The fourth-order valence-corrected chi connectivity index (χ4v) is 5.30. The minimum atomic E-state index is -0.938. The summed E-state index contributed by atoms with van der Waals surface area (Å²) in [5.74, 6) is 0. The number of urea groups is 2. The van der Waals surface area contributed by atoms with E-state index in [1.54, 1.807) is 36.0 Å². The first-order chi connectivity index (χ1) is 15.5. The van der Waals surface area contributed by atoms with Gasteiger partial charge in [0.15, 0.2) is 11.3 Å². The van der Waals surface area contributed by atoms with Gasteiger partial charge >= 0.3 is 12.1 Å². The van der Waals surface area contributed by atoms with Gasteiger partial charge in [-0.1, -0.05) is 38.8 Å². The summed E-state index contributed by atoms with van der Waals surface area (Å²) in [5.41, 5.74) is -1.82. The molecule has 2 heterocycles. The lowest BCUT2D eigenvalue weighted by molar-refractivity contribution is -0.129. The smallest absolute Gasteiger partial charge is 0.327 e. The molecular weight excluding hydrogens is 416 g/mol. The van der Waals surface area contributed by atoms with Gasteiger partial charge in [-0.25, -0.2) is 9.59 Å². The molecule has 2 fully saturated rings. The first kappa shape index (κ1) is 26.4. The third kappa shape index (κ3) is 4.09. The van der Waals surface area contributed by atoms with Gasteiger partial charge in [0, 0.05) is 27.9 Å². The van der Waals surface area contributed by atoms with Crippen molar-refractivity contribution in [2.24, 2.45) is 0 Å². The number of methoxy groups -OCH3 is 3. The van der Waals surface area contributed by atoms with Crippen molar-refractivity contribution in [3.63, 3.8) is 0 Å². The van der Waals surface area contributed by atoms with Crippen molar-refractivity contribution in [3.8, 4) is 0 Å². The average molecular weight is 457 g/mol. The number of amides is 4. The van der Waals surface area contributed by atoms with Crippen molar-refractivity contribution in [2.45, 2.75) is 57.8 Å². The number of hydrogen-bond acceptors (Lipinski definition) is 6. The molecule has 4 amide bonds. The SMILES string of the molecule is CCCC12N(CC)C(=O)N(COC/C=C/COC)C1(CCC)N(COC)C(=O)N2COC. The number of ether oxygens (including phenoxy) is 4. The van der Waals surface area contributed by atoms with E-state index in [2.05, 4.69) is 13.8 Å².